The molecule has 0 aromatic heterocycles. The van der Waals surface area contributed by atoms with Crippen molar-refractivity contribution < 1.29 is 8.42 Å². The largest absolute Gasteiger partial charge is 0.317 e. The molecule has 2 fully saturated rings. The number of hydrogen-bond donors (Lipinski definition) is 2. The van der Waals surface area contributed by atoms with Crippen LogP contribution in [-0.4, -0.2) is 33.8 Å². The quantitative estimate of drug-likeness (QED) is 0.593. The molecule has 2 aliphatic rings. The highest BCUT2D eigenvalue weighted by molar-refractivity contribution is 7.89. The van der Waals surface area contributed by atoms with Gasteiger partial charge in [0.15, 0.2) is 0 Å². The van der Waals surface area contributed by atoms with Gasteiger partial charge in [-0.3, -0.25) is 0 Å². The van der Waals surface area contributed by atoms with Crippen LogP contribution in [0.3, 0.4) is 0 Å². The van der Waals surface area contributed by atoms with Crippen molar-refractivity contribution in [1.29, 1.82) is 0 Å². The minimum Gasteiger partial charge on any atom is -0.317 e. The summed E-state index contributed by atoms with van der Waals surface area (Å²) in [5.41, 5.74) is 0.358. The van der Waals surface area contributed by atoms with Gasteiger partial charge in [-0.15, -0.1) is 0 Å². The van der Waals surface area contributed by atoms with Crippen LogP contribution >= 0.6 is 0 Å². The Morgan fingerprint density at radius 2 is 1.94 bits per heavy atom. The summed E-state index contributed by atoms with van der Waals surface area (Å²) in [5.74, 6) is 1.09. The lowest BCUT2D eigenvalue weighted by Crippen LogP contribution is -2.33. The summed E-state index contributed by atoms with van der Waals surface area (Å²) in [5, 5.41) is 3.21. The Labute approximate surface area is 111 Å². The van der Waals surface area contributed by atoms with Crippen molar-refractivity contribution in [2.45, 2.75) is 45.4 Å². The van der Waals surface area contributed by atoms with Gasteiger partial charge in [-0.1, -0.05) is 6.92 Å². The summed E-state index contributed by atoms with van der Waals surface area (Å²) in [4.78, 5) is 0. The van der Waals surface area contributed by atoms with Gasteiger partial charge in [-0.05, 0) is 62.9 Å². The fourth-order valence-electron chi connectivity index (χ4n) is 2.63. The van der Waals surface area contributed by atoms with Crippen molar-refractivity contribution >= 4 is 10.0 Å². The maximum atomic E-state index is 11.8. The van der Waals surface area contributed by atoms with Gasteiger partial charge in [0.25, 0.3) is 0 Å². The molecule has 18 heavy (non-hydrogen) atoms. The fourth-order valence-corrected chi connectivity index (χ4v) is 3.87. The van der Waals surface area contributed by atoms with Crippen LogP contribution in [0.4, 0.5) is 0 Å². The van der Waals surface area contributed by atoms with Crippen molar-refractivity contribution in [3.63, 3.8) is 0 Å². The molecule has 0 amide bonds. The molecule has 0 aliphatic heterocycles. The van der Waals surface area contributed by atoms with Gasteiger partial charge >= 0.3 is 0 Å². The Balaban J connectivity index is 1.61. The molecule has 0 atom stereocenters. The van der Waals surface area contributed by atoms with Crippen molar-refractivity contribution in [3.8, 4) is 0 Å². The van der Waals surface area contributed by atoms with E-state index in [1.54, 1.807) is 0 Å². The first-order chi connectivity index (χ1) is 8.58. The molecule has 0 radical (unpaired) electrons. The second-order valence-corrected chi connectivity index (χ2v) is 7.76. The third kappa shape index (κ3) is 4.21. The Morgan fingerprint density at radius 3 is 2.50 bits per heavy atom. The van der Waals surface area contributed by atoms with Crippen molar-refractivity contribution in [2.24, 2.45) is 11.3 Å². The molecule has 0 aromatic carbocycles. The average Bonchev–Trinajstić information content (AvgIpc) is 3.16. The van der Waals surface area contributed by atoms with Crippen LogP contribution in [-0.2, 0) is 10.0 Å². The molecule has 2 rings (SSSR count). The molecule has 106 valence electrons. The van der Waals surface area contributed by atoms with Crippen LogP contribution < -0.4 is 10.0 Å². The predicted molar refractivity (Wildman–Crippen MR) is 74.0 cm³/mol. The van der Waals surface area contributed by atoms with Crippen LogP contribution in [0.25, 0.3) is 0 Å². The SMILES string of the molecule is CCNCCCCS(=O)(=O)NCC1(C2CC2)CC1. The van der Waals surface area contributed by atoms with E-state index in [1.165, 1.54) is 25.7 Å². The number of rotatable bonds is 10. The Kier molecular flexibility index (Phi) is 4.67. The van der Waals surface area contributed by atoms with Crippen molar-refractivity contribution in [3.05, 3.63) is 0 Å². The third-order valence-electron chi connectivity index (χ3n) is 4.25. The number of unbranched alkanes of at least 4 members (excludes halogenated alkanes) is 1. The minimum absolute atomic E-state index is 0.277. The third-order valence-corrected chi connectivity index (χ3v) is 5.66. The Morgan fingerprint density at radius 1 is 1.22 bits per heavy atom. The molecule has 4 nitrogen and oxygen atoms in total. The standard InChI is InChI=1S/C13H26N2O2S/c1-2-14-9-3-4-10-18(16,17)15-11-13(7-8-13)12-5-6-12/h12,14-15H,2-11H2,1H3. The van der Waals surface area contributed by atoms with E-state index in [4.69, 9.17) is 0 Å². The zero-order valence-corrected chi connectivity index (χ0v) is 12.2. The first-order valence-electron chi connectivity index (χ1n) is 7.26. The van der Waals surface area contributed by atoms with E-state index < -0.39 is 10.0 Å². The van der Waals surface area contributed by atoms with Crippen LogP contribution in [0.15, 0.2) is 0 Å². The van der Waals surface area contributed by atoms with Crippen LogP contribution in [0.5, 0.6) is 0 Å². The number of hydrogen-bond acceptors (Lipinski definition) is 3. The molecular weight excluding hydrogens is 248 g/mol. The summed E-state index contributed by atoms with van der Waals surface area (Å²) >= 11 is 0. The monoisotopic (exact) mass is 274 g/mol. The van der Waals surface area contributed by atoms with Crippen LogP contribution in [0.1, 0.15) is 45.4 Å². The first-order valence-corrected chi connectivity index (χ1v) is 8.91. The van der Waals surface area contributed by atoms with E-state index in [1.807, 2.05) is 0 Å². The highest BCUT2D eigenvalue weighted by atomic mass is 32.2. The van der Waals surface area contributed by atoms with Crippen molar-refractivity contribution in [2.75, 3.05) is 25.4 Å². The summed E-state index contributed by atoms with van der Waals surface area (Å²) in [6.07, 6.45) is 6.75. The summed E-state index contributed by atoms with van der Waals surface area (Å²) in [6.45, 7) is 4.62. The smallest absolute Gasteiger partial charge is 0.211 e. The van der Waals surface area contributed by atoms with E-state index >= 15 is 0 Å². The van der Waals surface area contributed by atoms with Gasteiger partial charge in [0.05, 0.1) is 5.75 Å². The van der Waals surface area contributed by atoms with Gasteiger partial charge in [0.2, 0.25) is 10.0 Å². The summed E-state index contributed by atoms with van der Waals surface area (Å²) in [7, 11) is -3.05. The zero-order valence-electron chi connectivity index (χ0n) is 11.4. The van der Waals surface area contributed by atoms with Crippen LogP contribution in [0, 0.1) is 11.3 Å². The average molecular weight is 274 g/mol. The highest BCUT2D eigenvalue weighted by Crippen LogP contribution is 2.60. The minimum atomic E-state index is -3.05. The topological polar surface area (TPSA) is 58.2 Å². The van der Waals surface area contributed by atoms with Crippen LogP contribution in [0.2, 0.25) is 0 Å². The Bertz CT molecular complexity index is 359. The second-order valence-electron chi connectivity index (χ2n) is 5.84. The van der Waals surface area contributed by atoms with E-state index in [-0.39, 0.29) is 5.75 Å². The molecule has 0 spiro atoms. The van der Waals surface area contributed by atoms with Gasteiger partial charge in [0, 0.05) is 6.54 Å². The molecule has 0 aromatic rings. The van der Waals surface area contributed by atoms with E-state index in [0.29, 0.717) is 12.0 Å². The van der Waals surface area contributed by atoms with Gasteiger partial charge < -0.3 is 5.32 Å². The Hall–Kier alpha value is -0.130. The lowest BCUT2D eigenvalue weighted by atomic mass is 10.0. The molecule has 0 bridgehead atoms. The normalized spacial score (nSPS) is 22.1. The molecule has 5 heteroatoms. The lowest BCUT2D eigenvalue weighted by Gasteiger charge is -2.15. The molecular formula is C13H26N2O2S. The molecule has 0 heterocycles. The van der Waals surface area contributed by atoms with Gasteiger partial charge in [0.1, 0.15) is 0 Å². The van der Waals surface area contributed by atoms with Gasteiger partial charge in [-0.25, -0.2) is 13.1 Å². The fraction of sp³-hybridized carbons (Fsp3) is 1.00. The predicted octanol–water partition coefficient (Wildman–Crippen LogP) is 1.49. The van der Waals surface area contributed by atoms with E-state index in [2.05, 4.69) is 17.0 Å². The number of nitrogens with one attached hydrogen (secondary N) is 2. The molecule has 2 aliphatic carbocycles. The zero-order chi connectivity index (χ0) is 13.1. The molecule has 2 saturated carbocycles. The lowest BCUT2D eigenvalue weighted by molar-refractivity contribution is 0.431. The van der Waals surface area contributed by atoms with E-state index in [9.17, 15) is 8.42 Å². The first kappa shape index (κ1) is 14.3. The maximum Gasteiger partial charge on any atom is 0.211 e. The summed E-state index contributed by atoms with van der Waals surface area (Å²) in [6, 6.07) is 0. The molecule has 0 unspecified atom stereocenters. The highest BCUT2D eigenvalue weighted by Gasteiger charge is 2.53. The second kappa shape index (κ2) is 5.88. The maximum absolute atomic E-state index is 11.8. The summed E-state index contributed by atoms with van der Waals surface area (Å²) < 4.78 is 26.5. The van der Waals surface area contributed by atoms with Crippen molar-refractivity contribution in [1.82, 2.24) is 10.0 Å². The molecule has 0 saturated heterocycles. The van der Waals surface area contributed by atoms with Gasteiger partial charge in [-0.2, -0.15) is 0 Å². The molecule has 2 N–H and O–H groups in total. The number of sulfonamides is 1. The van der Waals surface area contributed by atoms with E-state index in [0.717, 1.165) is 31.8 Å².